The Balaban J connectivity index is 1.98. The normalized spacial score (nSPS) is 13.9. The predicted molar refractivity (Wildman–Crippen MR) is 77.9 cm³/mol. The molecule has 0 spiro atoms. The molecule has 0 radical (unpaired) electrons. The molecule has 3 rings (SSSR count). The Kier molecular flexibility index (Phi) is 3.10. The number of anilines is 2. The fraction of sp³-hybridized carbons (Fsp3) is 0.333. The first kappa shape index (κ1) is 13.3. The van der Waals surface area contributed by atoms with E-state index < -0.39 is 0 Å². The van der Waals surface area contributed by atoms with Crippen LogP contribution >= 0.6 is 22.9 Å². The van der Waals surface area contributed by atoms with E-state index in [1.165, 1.54) is 0 Å². The van der Waals surface area contributed by atoms with Crippen LogP contribution in [0.5, 0.6) is 0 Å². The van der Waals surface area contributed by atoms with Crippen molar-refractivity contribution < 1.29 is 4.79 Å². The van der Waals surface area contributed by atoms with Gasteiger partial charge in [0.15, 0.2) is 0 Å². The first-order valence-corrected chi connectivity index (χ1v) is 7.20. The van der Waals surface area contributed by atoms with Crippen LogP contribution in [0.2, 0.25) is 5.15 Å². The van der Waals surface area contributed by atoms with Crippen LogP contribution in [0.15, 0.2) is 0 Å². The zero-order valence-corrected chi connectivity index (χ0v) is 12.5. The summed E-state index contributed by atoms with van der Waals surface area (Å²) in [5, 5.41) is 1.12. The number of hydrogen-bond donors (Lipinski definition) is 1. The van der Waals surface area contributed by atoms with Gasteiger partial charge < -0.3 is 5.73 Å². The average Bonchev–Trinajstić information content (AvgIpc) is 2.83. The lowest BCUT2D eigenvalue weighted by Crippen LogP contribution is -2.26. The standard InChI is InChI=1S/C12H12ClN5OS/c1-5-6(2)20-8(15-5)4-18-9(19)3-7-10(13)16-12(14)17-11(7)18/h3-4H2,1-2H3,(H2,14,16,17). The molecule has 20 heavy (non-hydrogen) atoms. The molecule has 0 bridgehead atoms. The minimum absolute atomic E-state index is 0.0627. The number of fused-ring (bicyclic) bond motifs is 1. The lowest BCUT2D eigenvalue weighted by Gasteiger charge is -2.14. The molecule has 104 valence electrons. The maximum atomic E-state index is 12.1. The lowest BCUT2D eigenvalue weighted by molar-refractivity contribution is -0.117. The van der Waals surface area contributed by atoms with E-state index in [2.05, 4.69) is 15.0 Å². The van der Waals surface area contributed by atoms with Gasteiger partial charge in [-0.05, 0) is 13.8 Å². The van der Waals surface area contributed by atoms with Crippen molar-refractivity contribution in [3.63, 3.8) is 0 Å². The van der Waals surface area contributed by atoms with E-state index in [1.54, 1.807) is 16.2 Å². The van der Waals surface area contributed by atoms with Gasteiger partial charge in [0.05, 0.1) is 18.7 Å². The summed E-state index contributed by atoms with van der Waals surface area (Å²) in [5.74, 6) is 0.505. The van der Waals surface area contributed by atoms with Gasteiger partial charge >= 0.3 is 0 Å². The van der Waals surface area contributed by atoms with Gasteiger partial charge in [0.1, 0.15) is 16.0 Å². The molecule has 1 amide bonds. The Morgan fingerprint density at radius 3 is 2.75 bits per heavy atom. The van der Waals surface area contributed by atoms with Gasteiger partial charge in [0, 0.05) is 10.4 Å². The number of aromatic nitrogens is 3. The molecule has 8 heteroatoms. The molecule has 3 heterocycles. The van der Waals surface area contributed by atoms with Crippen molar-refractivity contribution in [1.29, 1.82) is 0 Å². The van der Waals surface area contributed by atoms with Crippen molar-refractivity contribution >= 4 is 40.6 Å². The second-order valence-electron chi connectivity index (χ2n) is 4.58. The highest BCUT2D eigenvalue weighted by atomic mass is 35.5. The Morgan fingerprint density at radius 2 is 2.10 bits per heavy atom. The summed E-state index contributed by atoms with van der Waals surface area (Å²) >= 11 is 7.59. The number of nitrogens with two attached hydrogens (primary N) is 1. The highest BCUT2D eigenvalue weighted by Gasteiger charge is 2.32. The third-order valence-corrected chi connectivity index (χ3v) is 4.57. The minimum atomic E-state index is -0.0627. The van der Waals surface area contributed by atoms with Gasteiger partial charge in [0.2, 0.25) is 11.9 Å². The second kappa shape index (κ2) is 4.68. The number of hydrogen-bond acceptors (Lipinski definition) is 6. The van der Waals surface area contributed by atoms with E-state index in [9.17, 15) is 4.79 Å². The molecule has 6 nitrogen and oxygen atoms in total. The first-order valence-electron chi connectivity index (χ1n) is 6.01. The van der Waals surface area contributed by atoms with Crippen molar-refractivity contribution in [3.05, 3.63) is 26.3 Å². The molecular weight excluding hydrogens is 298 g/mol. The minimum Gasteiger partial charge on any atom is -0.368 e. The second-order valence-corrected chi connectivity index (χ2v) is 6.23. The largest absolute Gasteiger partial charge is 0.368 e. The summed E-state index contributed by atoms with van der Waals surface area (Å²) in [6.07, 6.45) is 0.206. The summed E-state index contributed by atoms with van der Waals surface area (Å²) in [7, 11) is 0. The van der Waals surface area contributed by atoms with Crippen LogP contribution < -0.4 is 10.6 Å². The van der Waals surface area contributed by atoms with Crippen LogP contribution in [0.1, 0.15) is 21.1 Å². The van der Waals surface area contributed by atoms with Gasteiger partial charge in [0.25, 0.3) is 0 Å². The third kappa shape index (κ3) is 2.12. The molecule has 0 saturated heterocycles. The molecule has 0 saturated carbocycles. The number of halogens is 1. The maximum Gasteiger partial charge on any atom is 0.233 e. The van der Waals surface area contributed by atoms with E-state index in [1.807, 2.05) is 13.8 Å². The quantitative estimate of drug-likeness (QED) is 0.856. The van der Waals surface area contributed by atoms with Gasteiger partial charge in [-0.15, -0.1) is 11.3 Å². The Labute approximate surface area is 124 Å². The molecule has 0 aliphatic carbocycles. The molecule has 0 unspecified atom stereocenters. The molecule has 2 aromatic heterocycles. The monoisotopic (exact) mass is 309 g/mol. The van der Waals surface area contributed by atoms with Gasteiger partial charge in [-0.25, -0.2) is 9.97 Å². The van der Waals surface area contributed by atoms with Gasteiger partial charge in [-0.2, -0.15) is 4.98 Å². The number of aryl methyl sites for hydroxylation is 2. The fourth-order valence-electron chi connectivity index (χ4n) is 2.11. The van der Waals surface area contributed by atoms with E-state index >= 15 is 0 Å². The smallest absolute Gasteiger partial charge is 0.233 e. The Hall–Kier alpha value is -1.73. The zero-order valence-electron chi connectivity index (χ0n) is 11.0. The summed E-state index contributed by atoms with van der Waals surface area (Å²) in [6.45, 7) is 4.34. The first-order chi connectivity index (χ1) is 9.45. The van der Waals surface area contributed by atoms with Gasteiger partial charge in [-0.1, -0.05) is 11.6 Å². The number of amides is 1. The molecular formula is C12H12ClN5OS. The summed E-state index contributed by atoms with van der Waals surface area (Å²) in [4.78, 5) is 27.3. The van der Waals surface area contributed by atoms with Crippen molar-refractivity contribution in [2.45, 2.75) is 26.8 Å². The van der Waals surface area contributed by atoms with E-state index in [0.29, 0.717) is 17.9 Å². The summed E-state index contributed by atoms with van der Waals surface area (Å²) in [5.41, 5.74) is 7.22. The highest BCUT2D eigenvalue weighted by Crippen LogP contribution is 2.33. The van der Waals surface area contributed by atoms with E-state index in [4.69, 9.17) is 17.3 Å². The van der Waals surface area contributed by atoms with Crippen molar-refractivity contribution in [3.8, 4) is 0 Å². The molecule has 0 aromatic carbocycles. The number of carbonyl (C=O) groups excluding carboxylic acids is 1. The van der Waals surface area contributed by atoms with Crippen LogP contribution in [0.4, 0.5) is 11.8 Å². The highest BCUT2D eigenvalue weighted by molar-refractivity contribution is 7.11. The van der Waals surface area contributed by atoms with E-state index in [0.717, 1.165) is 15.6 Å². The van der Waals surface area contributed by atoms with Crippen LogP contribution in [0, 0.1) is 13.8 Å². The number of nitrogen functional groups attached to an aromatic ring is 1. The molecule has 2 N–H and O–H groups in total. The van der Waals surface area contributed by atoms with Crippen LogP contribution in [-0.4, -0.2) is 20.9 Å². The molecule has 1 aliphatic heterocycles. The Morgan fingerprint density at radius 1 is 1.35 bits per heavy atom. The average molecular weight is 310 g/mol. The molecule has 0 atom stereocenters. The fourth-order valence-corrected chi connectivity index (χ4v) is 3.27. The molecule has 0 fully saturated rings. The Bertz CT molecular complexity index is 695. The third-order valence-electron chi connectivity index (χ3n) is 3.20. The predicted octanol–water partition coefficient (Wildman–Crippen LogP) is 1.87. The number of carbonyl (C=O) groups is 1. The van der Waals surface area contributed by atoms with Crippen molar-refractivity contribution in [1.82, 2.24) is 15.0 Å². The van der Waals surface area contributed by atoms with Gasteiger partial charge in [-0.3, -0.25) is 9.69 Å². The van der Waals surface area contributed by atoms with Crippen LogP contribution in [0.25, 0.3) is 0 Å². The number of rotatable bonds is 2. The summed E-state index contributed by atoms with van der Waals surface area (Å²) in [6, 6.07) is 0. The van der Waals surface area contributed by atoms with E-state index in [-0.39, 0.29) is 23.4 Å². The summed E-state index contributed by atoms with van der Waals surface area (Å²) < 4.78 is 0. The lowest BCUT2D eigenvalue weighted by atomic mass is 10.3. The molecule has 2 aromatic rings. The zero-order chi connectivity index (χ0) is 14.4. The van der Waals surface area contributed by atoms with Crippen LogP contribution in [0.3, 0.4) is 0 Å². The topological polar surface area (TPSA) is 85.0 Å². The number of nitrogens with zero attached hydrogens (tertiary/aromatic N) is 4. The maximum absolute atomic E-state index is 12.1. The number of thiazole rings is 1. The van der Waals surface area contributed by atoms with Crippen molar-refractivity contribution in [2.75, 3.05) is 10.6 Å². The molecule has 1 aliphatic rings. The van der Waals surface area contributed by atoms with Crippen molar-refractivity contribution in [2.24, 2.45) is 0 Å². The SMILES string of the molecule is Cc1nc(CN2C(=O)Cc3c(Cl)nc(N)nc32)sc1C. The van der Waals surface area contributed by atoms with Crippen LogP contribution in [-0.2, 0) is 17.8 Å².